The van der Waals surface area contributed by atoms with E-state index in [1.165, 1.54) is 0 Å². The van der Waals surface area contributed by atoms with E-state index in [1.54, 1.807) is 35.2 Å². The normalized spacial score (nSPS) is 11.4. The summed E-state index contributed by atoms with van der Waals surface area (Å²) in [6.45, 7) is 0.256. The topological polar surface area (TPSA) is 78.9 Å². The van der Waals surface area contributed by atoms with Crippen LogP contribution in [-0.2, 0) is 6.18 Å². The molecule has 2 aromatic rings. The van der Waals surface area contributed by atoms with Crippen LogP contribution in [0.25, 0.3) is 0 Å². The Morgan fingerprint density at radius 3 is 2.48 bits per heavy atom. The van der Waals surface area contributed by atoms with Crippen LogP contribution in [0.4, 0.5) is 24.0 Å². The molecule has 0 atom stereocenters. The summed E-state index contributed by atoms with van der Waals surface area (Å²) in [5, 5.41) is 7.38. The highest BCUT2D eigenvalue weighted by atomic mass is 32.1. The molecular formula is C12H12F3N5S. The van der Waals surface area contributed by atoms with E-state index in [0.29, 0.717) is 17.2 Å². The molecule has 0 aliphatic rings. The number of halogens is 3. The van der Waals surface area contributed by atoms with Crippen LogP contribution in [0.3, 0.4) is 0 Å². The van der Waals surface area contributed by atoms with E-state index in [4.69, 9.17) is 11.1 Å². The Hall–Kier alpha value is -2.16. The summed E-state index contributed by atoms with van der Waals surface area (Å²) in [5.74, 6) is -1.21. The summed E-state index contributed by atoms with van der Waals surface area (Å²) >= 11 is 0.665. The predicted octanol–water partition coefficient (Wildman–Crippen LogP) is 3.02. The van der Waals surface area contributed by atoms with E-state index in [2.05, 4.69) is 9.36 Å². The van der Waals surface area contributed by atoms with E-state index in [-0.39, 0.29) is 23.9 Å². The minimum Gasteiger partial charge on any atom is -0.388 e. The van der Waals surface area contributed by atoms with Gasteiger partial charge < -0.3 is 10.6 Å². The molecule has 0 saturated heterocycles. The van der Waals surface area contributed by atoms with Crippen molar-refractivity contribution in [3.63, 3.8) is 0 Å². The molecule has 2 rings (SSSR count). The molecule has 112 valence electrons. The molecule has 0 saturated carbocycles. The number of nitrogens with one attached hydrogen (secondary N) is 1. The van der Waals surface area contributed by atoms with Gasteiger partial charge in [-0.25, -0.2) is 0 Å². The Kier molecular flexibility index (Phi) is 4.41. The van der Waals surface area contributed by atoms with E-state index in [1.807, 2.05) is 0 Å². The van der Waals surface area contributed by atoms with Crippen molar-refractivity contribution >= 4 is 28.2 Å². The van der Waals surface area contributed by atoms with Crippen molar-refractivity contribution in [1.29, 1.82) is 5.41 Å². The van der Waals surface area contributed by atoms with Crippen molar-refractivity contribution in [2.24, 2.45) is 5.73 Å². The molecule has 21 heavy (non-hydrogen) atoms. The van der Waals surface area contributed by atoms with E-state index < -0.39 is 12.0 Å². The van der Waals surface area contributed by atoms with Crippen LogP contribution < -0.4 is 10.6 Å². The van der Waals surface area contributed by atoms with Crippen LogP contribution in [0, 0.1) is 5.41 Å². The number of aromatic nitrogens is 2. The first-order valence-corrected chi connectivity index (χ1v) is 6.71. The zero-order valence-electron chi connectivity index (χ0n) is 10.8. The van der Waals surface area contributed by atoms with Gasteiger partial charge in [-0.1, -0.05) is 18.2 Å². The minimum atomic E-state index is -4.57. The van der Waals surface area contributed by atoms with Crippen molar-refractivity contribution < 1.29 is 13.2 Å². The average molecular weight is 315 g/mol. The van der Waals surface area contributed by atoms with Gasteiger partial charge in [0.1, 0.15) is 0 Å². The molecule has 0 spiro atoms. The lowest BCUT2D eigenvalue weighted by Crippen LogP contribution is -2.23. The minimum absolute atomic E-state index is 0.0449. The van der Waals surface area contributed by atoms with E-state index in [0.717, 1.165) is 0 Å². The fourth-order valence-electron chi connectivity index (χ4n) is 1.62. The highest BCUT2D eigenvalue weighted by molar-refractivity contribution is 7.09. The maximum absolute atomic E-state index is 12.6. The molecule has 1 aromatic heterocycles. The van der Waals surface area contributed by atoms with Gasteiger partial charge in [0.15, 0.2) is 0 Å². The van der Waals surface area contributed by atoms with Crippen molar-refractivity contribution in [3.05, 3.63) is 36.2 Å². The standard InChI is InChI=1S/C12H12F3N5S/c13-12(14,15)10-18-11(21-19-10)20(7-6-9(16)17)8-4-2-1-3-5-8/h1-5H,6-7H2,(H3,16,17). The summed E-state index contributed by atoms with van der Waals surface area (Å²) < 4.78 is 41.1. The summed E-state index contributed by atoms with van der Waals surface area (Å²) in [6.07, 6.45) is -4.35. The molecule has 1 heterocycles. The molecule has 9 heteroatoms. The maximum Gasteiger partial charge on any atom is 0.452 e. The number of nitrogens with two attached hydrogens (primary N) is 1. The largest absolute Gasteiger partial charge is 0.452 e. The van der Waals surface area contributed by atoms with Crippen LogP contribution in [0.1, 0.15) is 12.2 Å². The number of benzene rings is 1. The Balaban J connectivity index is 2.31. The molecule has 0 aliphatic heterocycles. The first-order valence-electron chi connectivity index (χ1n) is 5.94. The number of hydrogen-bond donors (Lipinski definition) is 2. The number of amidine groups is 1. The molecule has 0 unspecified atom stereocenters. The van der Waals surface area contributed by atoms with E-state index >= 15 is 0 Å². The lowest BCUT2D eigenvalue weighted by molar-refractivity contribution is -0.144. The number of anilines is 2. The maximum atomic E-state index is 12.6. The summed E-state index contributed by atoms with van der Waals surface area (Å²) in [4.78, 5) is 5.10. The van der Waals surface area contributed by atoms with Crippen LogP contribution in [0.5, 0.6) is 0 Å². The van der Waals surface area contributed by atoms with Gasteiger partial charge in [0.2, 0.25) is 11.0 Å². The zero-order chi connectivity index (χ0) is 15.5. The Labute approximate surface area is 122 Å². The van der Waals surface area contributed by atoms with Crippen molar-refractivity contribution in [2.45, 2.75) is 12.6 Å². The third-order valence-electron chi connectivity index (χ3n) is 2.57. The van der Waals surface area contributed by atoms with Crippen LogP contribution in [0.2, 0.25) is 0 Å². The third-order valence-corrected chi connectivity index (χ3v) is 3.31. The Morgan fingerprint density at radius 2 is 1.95 bits per heavy atom. The second-order valence-electron chi connectivity index (χ2n) is 4.16. The van der Waals surface area contributed by atoms with Gasteiger partial charge in [0.05, 0.1) is 5.84 Å². The first kappa shape index (κ1) is 15.2. The third kappa shape index (κ3) is 3.91. The number of hydrogen-bond acceptors (Lipinski definition) is 5. The fraction of sp³-hybridized carbons (Fsp3) is 0.250. The monoisotopic (exact) mass is 315 g/mol. The average Bonchev–Trinajstić information content (AvgIpc) is 2.89. The molecule has 1 aromatic carbocycles. The fourth-order valence-corrected chi connectivity index (χ4v) is 2.35. The molecule has 0 radical (unpaired) electrons. The Bertz CT molecular complexity index is 611. The summed E-state index contributed by atoms with van der Waals surface area (Å²) in [6, 6.07) is 8.82. The van der Waals surface area contributed by atoms with Gasteiger partial charge in [-0.3, -0.25) is 5.41 Å². The second-order valence-corrected chi connectivity index (χ2v) is 4.89. The second kappa shape index (κ2) is 6.08. The molecule has 3 N–H and O–H groups in total. The highest BCUT2D eigenvalue weighted by Gasteiger charge is 2.36. The van der Waals surface area contributed by atoms with Crippen LogP contribution in [0.15, 0.2) is 30.3 Å². The van der Waals surface area contributed by atoms with Gasteiger partial charge in [-0.2, -0.15) is 22.5 Å². The number of alkyl halides is 3. The van der Waals surface area contributed by atoms with Gasteiger partial charge >= 0.3 is 6.18 Å². The summed E-state index contributed by atoms with van der Waals surface area (Å²) in [7, 11) is 0. The molecule has 0 bridgehead atoms. The quantitative estimate of drug-likeness (QED) is 0.656. The van der Waals surface area contributed by atoms with Gasteiger partial charge in [0.25, 0.3) is 0 Å². The number of para-hydroxylation sites is 1. The molecule has 0 fully saturated rings. The zero-order valence-corrected chi connectivity index (χ0v) is 11.6. The molecule has 0 amide bonds. The number of rotatable bonds is 5. The molecule has 0 aliphatic carbocycles. The predicted molar refractivity (Wildman–Crippen MR) is 74.9 cm³/mol. The first-order chi connectivity index (χ1) is 9.88. The SMILES string of the molecule is N=C(N)CCN(c1ccccc1)c1nc(C(F)(F)F)ns1. The highest BCUT2D eigenvalue weighted by Crippen LogP contribution is 2.33. The smallest absolute Gasteiger partial charge is 0.388 e. The lowest BCUT2D eigenvalue weighted by Gasteiger charge is -2.21. The Morgan fingerprint density at radius 1 is 1.29 bits per heavy atom. The molecule has 5 nitrogen and oxygen atoms in total. The van der Waals surface area contributed by atoms with Crippen LogP contribution in [-0.4, -0.2) is 21.7 Å². The molecular weight excluding hydrogens is 303 g/mol. The van der Waals surface area contributed by atoms with Crippen molar-refractivity contribution in [2.75, 3.05) is 11.4 Å². The van der Waals surface area contributed by atoms with Crippen molar-refractivity contribution in [3.8, 4) is 0 Å². The van der Waals surface area contributed by atoms with E-state index in [9.17, 15) is 13.2 Å². The van der Waals surface area contributed by atoms with Crippen LogP contribution >= 0.6 is 11.5 Å². The van der Waals surface area contributed by atoms with Gasteiger partial charge in [-0.15, -0.1) is 0 Å². The van der Waals surface area contributed by atoms with Crippen molar-refractivity contribution in [1.82, 2.24) is 9.36 Å². The van der Waals surface area contributed by atoms with Gasteiger partial charge in [0, 0.05) is 30.2 Å². The number of nitrogens with zero attached hydrogens (tertiary/aromatic N) is 3. The lowest BCUT2D eigenvalue weighted by atomic mass is 10.3. The summed E-state index contributed by atoms with van der Waals surface area (Å²) in [5.41, 5.74) is 5.99. The van der Waals surface area contributed by atoms with Gasteiger partial charge in [-0.05, 0) is 12.1 Å².